The predicted molar refractivity (Wildman–Crippen MR) is 122 cm³/mol. The van der Waals surface area contributed by atoms with Gasteiger partial charge in [0.05, 0.1) is 18.5 Å². The minimum atomic E-state index is 0.131. The van der Waals surface area contributed by atoms with Crippen LogP contribution in [-0.2, 0) is 16.0 Å². The second kappa shape index (κ2) is 11.2. The molecule has 0 saturated carbocycles. The molecule has 0 spiro atoms. The van der Waals surface area contributed by atoms with Crippen molar-refractivity contribution in [3.05, 3.63) is 77.2 Å². The molecule has 0 aromatic carbocycles. The number of methoxy groups -OCH3 is 1. The van der Waals surface area contributed by atoms with Crippen molar-refractivity contribution in [1.29, 1.82) is 0 Å². The summed E-state index contributed by atoms with van der Waals surface area (Å²) in [7, 11) is 1.67. The number of ketones is 1. The molecule has 0 radical (unpaired) electrons. The second-order valence-corrected chi connectivity index (χ2v) is 7.58. The lowest BCUT2D eigenvalue weighted by Gasteiger charge is -2.01. The first kappa shape index (κ1) is 21.6. The van der Waals surface area contributed by atoms with Crippen LogP contribution in [-0.4, -0.2) is 28.6 Å². The maximum absolute atomic E-state index is 10.8. The first-order chi connectivity index (χ1) is 14.7. The van der Waals surface area contributed by atoms with Crippen LogP contribution in [0, 0.1) is 0 Å². The number of aryl methyl sites for hydroxylation is 1. The first-order valence-electron chi connectivity index (χ1n) is 10.7. The maximum atomic E-state index is 10.8. The Morgan fingerprint density at radius 2 is 1.97 bits per heavy atom. The molecule has 3 heterocycles. The third kappa shape index (κ3) is 6.48. The largest absolute Gasteiger partial charge is 0.494 e. The highest BCUT2D eigenvalue weighted by Crippen LogP contribution is 2.24. The molecule has 1 aliphatic heterocycles. The molecule has 30 heavy (non-hydrogen) atoms. The van der Waals surface area contributed by atoms with Crippen LogP contribution in [0.3, 0.4) is 0 Å². The molecule has 158 valence electrons. The van der Waals surface area contributed by atoms with Crippen molar-refractivity contribution in [2.45, 2.75) is 51.9 Å². The Bertz CT molecular complexity index is 943. The van der Waals surface area contributed by atoms with Gasteiger partial charge in [-0.1, -0.05) is 25.3 Å². The van der Waals surface area contributed by atoms with Gasteiger partial charge in [-0.25, -0.2) is 4.99 Å². The van der Waals surface area contributed by atoms with Gasteiger partial charge in [0.15, 0.2) is 5.78 Å². The van der Waals surface area contributed by atoms with Gasteiger partial charge in [-0.15, -0.1) is 0 Å². The molecule has 5 heteroatoms. The number of allylic oxidation sites excluding steroid dienone is 3. The average Bonchev–Trinajstić information content (AvgIpc) is 3.47. The highest BCUT2D eigenvalue weighted by atomic mass is 16.5. The van der Waals surface area contributed by atoms with E-state index in [1.54, 1.807) is 20.1 Å². The molecule has 0 saturated heterocycles. The van der Waals surface area contributed by atoms with E-state index in [2.05, 4.69) is 22.1 Å². The van der Waals surface area contributed by atoms with E-state index >= 15 is 0 Å². The molecule has 0 unspecified atom stereocenters. The lowest BCUT2D eigenvalue weighted by atomic mass is 10.1. The number of H-pyrrole nitrogens is 2. The van der Waals surface area contributed by atoms with Gasteiger partial charge in [0.2, 0.25) is 0 Å². The van der Waals surface area contributed by atoms with Crippen molar-refractivity contribution >= 4 is 17.6 Å². The zero-order chi connectivity index (χ0) is 21.2. The number of rotatable bonds is 12. The molecule has 1 aliphatic rings. The summed E-state index contributed by atoms with van der Waals surface area (Å²) in [6, 6.07) is 8.21. The standard InChI is InChI=1S/C25H31N3O2/c1-19(29)11-8-6-4-3-5-7-9-12-20-14-15-21(27-20)17-24-25(30-2)18-23(28-24)22-13-10-16-26-22/h8,10-11,13-18,26-27H,3-7,9,12H2,1-2H3/b11-8+,24-17+. The molecule has 0 fully saturated rings. The summed E-state index contributed by atoms with van der Waals surface area (Å²) < 4.78 is 5.50. The van der Waals surface area contributed by atoms with Crippen molar-refractivity contribution < 1.29 is 9.53 Å². The van der Waals surface area contributed by atoms with Crippen LogP contribution in [0.5, 0.6) is 0 Å². The van der Waals surface area contributed by atoms with Crippen molar-refractivity contribution in [2.24, 2.45) is 4.99 Å². The molecule has 0 aliphatic carbocycles. The summed E-state index contributed by atoms with van der Waals surface area (Å²) in [6.07, 6.45) is 17.6. The number of nitrogens with zero attached hydrogens (tertiary/aromatic N) is 1. The summed E-state index contributed by atoms with van der Waals surface area (Å²) in [4.78, 5) is 22.2. The number of ether oxygens (including phenoxy) is 1. The zero-order valence-corrected chi connectivity index (χ0v) is 17.9. The molecule has 3 rings (SSSR count). The average molecular weight is 406 g/mol. The lowest BCUT2D eigenvalue weighted by molar-refractivity contribution is -0.112. The second-order valence-electron chi connectivity index (χ2n) is 7.58. The zero-order valence-electron chi connectivity index (χ0n) is 17.9. The quantitative estimate of drug-likeness (QED) is 0.349. The van der Waals surface area contributed by atoms with Gasteiger partial charge in [0.25, 0.3) is 0 Å². The summed E-state index contributed by atoms with van der Waals surface area (Å²) in [5, 5.41) is 0. The molecule has 0 atom stereocenters. The highest BCUT2D eigenvalue weighted by Gasteiger charge is 2.17. The van der Waals surface area contributed by atoms with Crippen LogP contribution in [0.15, 0.2) is 65.1 Å². The normalized spacial score (nSPS) is 15.1. The Kier molecular flexibility index (Phi) is 8.07. The van der Waals surface area contributed by atoms with Crippen molar-refractivity contribution in [2.75, 3.05) is 7.11 Å². The molecule has 0 bridgehead atoms. The third-order valence-electron chi connectivity index (χ3n) is 5.09. The molecular weight excluding hydrogens is 374 g/mol. The Morgan fingerprint density at radius 3 is 2.73 bits per heavy atom. The van der Waals surface area contributed by atoms with E-state index in [1.165, 1.54) is 31.4 Å². The Balaban J connectivity index is 1.44. The number of nitrogens with one attached hydrogen (secondary N) is 2. The van der Waals surface area contributed by atoms with Crippen molar-refractivity contribution in [3.8, 4) is 0 Å². The van der Waals surface area contributed by atoms with Crippen LogP contribution >= 0.6 is 0 Å². The van der Waals surface area contributed by atoms with Gasteiger partial charge >= 0.3 is 0 Å². The number of aromatic nitrogens is 2. The Hall–Kier alpha value is -3.08. The number of carbonyl (C=O) groups is 1. The van der Waals surface area contributed by atoms with E-state index in [1.807, 2.05) is 36.6 Å². The van der Waals surface area contributed by atoms with Crippen molar-refractivity contribution in [3.63, 3.8) is 0 Å². The molecule has 2 aromatic heterocycles. The maximum Gasteiger partial charge on any atom is 0.152 e. The predicted octanol–water partition coefficient (Wildman–Crippen LogP) is 5.75. The fourth-order valence-electron chi connectivity index (χ4n) is 3.50. The number of unbranched alkanes of at least 4 members (excludes halogenated alkanes) is 5. The first-order valence-corrected chi connectivity index (χ1v) is 10.7. The summed E-state index contributed by atoms with van der Waals surface area (Å²) in [5.41, 5.74) is 4.98. The molecule has 0 amide bonds. The Labute approximate surface area is 178 Å². The molecule has 2 aromatic rings. The minimum absolute atomic E-state index is 0.131. The molecular formula is C25H31N3O2. The monoisotopic (exact) mass is 405 g/mol. The van der Waals surface area contributed by atoms with Crippen LogP contribution < -0.4 is 0 Å². The molecule has 5 nitrogen and oxygen atoms in total. The van der Waals surface area contributed by atoms with Gasteiger partial charge < -0.3 is 14.7 Å². The van der Waals surface area contributed by atoms with Crippen LogP contribution in [0.2, 0.25) is 0 Å². The highest BCUT2D eigenvalue weighted by molar-refractivity contribution is 6.11. The van der Waals surface area contributed by atoms with Gasteiger partial charge in [-0.05, 0) is 69.0 Å². The van der Waals surface area contributed by atoms with Crippen LogP contribution in [0.1, 0.15) is 62.5 Å². The number of aliphatic imine (C=N–C) groups is 1. The van der Waals surface area contributed by atoms with E-state index < -0.39 is 0 Å². The van der Waals surface area contributed by atoms with Gasteiger partial charge in [0, 0.05) is 23.7 Å². The minimum Gasteiger partial charge on any atom is -0.494 e. The summed E-state index contributed by atoms with van der Waals surface area (Å²) >= 11 is 0. The van der Waals surface area contributed by atoms with Gasteiger partial charge in [0.1, 0.15) is 11.5 Å². The molecule has 2 N–H and O–H groups in total. The SMILES string of the molecule is COC1=CC(c2ccc[nH]2)=N/C1=C/c1ccc(CCCCCCC/C=C/C(C)=O)[nH]1. The number of carbonyl (C=O) groups excluding carboxylic acids is 1. The third-order valence-corrected chi connectivity index (χ3v) is 5.09. The number of aromatic amines is 2. The van der Waals surface area contributed by atoms with Gasteiger partial charge in [-0.3, -0.25) is 4.79 Å². The summed E-state index contributed by atoms with van der Waals surface area (Å²) in [5.74, 6) is 0.903. The number of hydrogen-bond acceptors (Lipinski definition) is 3. The van der Waals surface area contributed by atoms with Crippen molar-refractivity contribution in [1.82, 2.24) is 9.97 Å². The van der Waals surface area contributed by atoms with Gasteiger partial charge in [-0.2, -0.15) is 0 Å². The topological polar surface area (TPSA) is 70.2 Å². The Morgan fingerprint density at radius 1 is 1.13 bits per heavy atom. The van der Waals surface area contributed by atoms with Crippen LogP contribution in [0.4, 0.5) is 0 Å². The fourth-order valence-corrected chi connectivity index (χ4v) is 3.50. The van der Waals surface area contributed by atoms with E-state index in [0.717, 1.165) is 47.8 Å². The smallest absolute Gasteiger partial charge is 0.152 e. The van der Waals surface area contributed by atoms with E-state index in [-0.39, 0.29) is 5.78 Å². The summed E-state index contributed by atoms with van der Waals surface area (Å²) in [6.45, 7) is 1.59. The van der Waals surface area contributed by atoms with E-state index in [4.69, 9.17) is 9.73 Å². The number of hydrogen-bond donors (Lipinski definition) is 2. The van der Waals surface area contributed by atoms with Crippen LogP contribution in [0.25, 0.3) is 6.08 Å². The van der Waals surface area contributed by atoms with E-state index in [0.29, 0.717) is 0 Å². The lowest BCUT2D eigenvalue weighted by Crippen LogP contribution is -1.93. The van der Waals surface area contributed by atoms with E-state index in [9.17, 15) is 4.79 Å². The fraction of sp³-hybridized carbons (Fsp3) is 0.360.